The average Bonchev–Trinajstić information content (AvgIpc) is 3.23. The highest BCUT2D eigenvalue weighted by molar-refractivity contribution is 6.02. The van der Waals surface area contributed by atoms with E-state index in [0.29, 0.717) is 5.69 Å². The lowest BCUT2D eigenvalue weighted by Crippen LogP contribution is -2.29. The van der Waals surface area contributed by atoms with Gasteiger partial charge >= 0.3 is 12.1 Å². The molecule has 5 nitrogen and oxygen atoms in total. The molecule has 2 saturated heterocycles. The predicted molar refractivity (Wildman–Crippen MR) is 90.0 cm³/mol. The Bertz CT molecular complexity index is 699. The molecule has 142 valence electrons. The first-order chi connectivity index (χ1) is 12.3. The van der Waals surface area contributed by atoms with Crippen LogP contribution in [-0.2, 0) is 20.5 Å². The summed E-state index contributed by atoms with van der Waals surface area (Å²) in [6.07, 6.45) is -2.63. The molecule has 0 spiro atoms. The summed E-state index contributed by atoms with van der Waals surface area (Å²) in [5, 5.41) is 0. The molecule has 1 aromatic rings. The summed E-state index contributed by atoms with van der Waals surface area (Å²) in [7, 11) is 0. The Hall–Kier alpha value is -2.25. The van der Waals surface area contributed by atoms with Gasteiger partial charge in [-0.25, -0.2) is 0 Å². The Kier molecular flexibility index (Phi) is 5.11. The van der Waals surface area contributed by atoms with Crippen molar-refractivity contribution in [1.82, 2.24) is 0 Å². The van der Waals surface area contributed by atoms with Crippen molar-refractivity contribution in [3.05, 3.63) is 23.8 Å². The number of ether oxygens (including phenoxy) is 1. The number of carbonyl (C=O) groups excluding carboxylic acids is 2. The smallest absolute Gasteiger partial charge is 0.416 e. The van der Waals surface area contributed by atoms with E-state index in [-0.39, 0.29) is 31.2 Å². The third-order valence-corrected chi connectivity index (χ3v) is 4.79. The molecule has 3 rings (SSSR count). The van der Waals surface area contributed by atoms with E-state index in [1.807, 2.05) is 4.90 Å². The van der Waals surface area contributed by atoms with Crippen LogP contribution in [0.1, 0.15) is 31.7 Å². The van der Waals surface area contributed by atoms with Crippen molar-refractivity contribution in [2.24, 2.45) is 5.92 Å². The van der Waals surface area contributed by atoms with Crippen molar-refractivity contribution >= 4 is 23.3 Å². The van der Waals surface area contributed by atoms with Gasteiger partial charge in [0.2, 0.25) is 5.91 Å². The topological polar surface area (TPSA) is 49.9 Å². The molecule has 2 fully saturated rings. The van der Waals surface area contributed by atoms with Crippen LogP contribution in [0, 0.1) is 5.92 Å². The summed E-state index contributed by atoms with van der Waals surface area (Å²) in [6.45, 7) is 3.39. The zero-order valence-corrected chi connectivity index (χ0v) is 14.5. The zero-order valence-electron chi connectivity index (χ0n) is 14.5. The molecule has 26 heavy (non-hydrogen) atoms. The van der Waals surface area contributed by atoms with Crippen molar-refractivity contribution in [2.45, 2.75) is 32.4 Å². The predicted octanol–water partition coefficient (Wildman–Crippen LogP) is 3.22. The zero-order chi connectivity index (χ0) is 18.9. The molecule has 0 N–H and O–H groups in total. The van der Waals surface area contributed by atoms with E-state index in [9.17, 15) is 22.8 Å². The van der Waals surface area contributed by atoms with E-state index in [0.717, 1.165) is 38.1 Å². The van der Waals surface area contributed by atoms with Crippen LogP contribution in [0.25, 0.3) is 0 Å². The molecule has 2 heterocycles. The minimum atomic E-state index is -4.50. The van der Waals surface area contributed by atoms with Gasteiger partial charge in [0.1, 0.15) is 0 Å². The fourth-order valence-corrected chi connectivity index (χ4v) is 3.50. The largest absolute Gasteiger partial charge is 0.466 e. The molecule has 1 atom stereocenters. The Morgan fingerprint density at radius 3 is 2.54 bits per heavy atom. The van der Waals surface area contributed by atoms with Gasteiger partial charge in [0.05, 0.1) is 29.5 Å². The number of hydrogen-bond donors (Lipinski definition) is 0. The Labute approximate surface area is 149 Å². The van der Waals surface area contributed by atoms with Crippen LogP contribution in [0.5, 0.6) is 0 Å². The second-order valence-corrected chi connectivity index (χ2v) is 6.55. The number of amides is 1. The SMILES string of the molecule is CCOC(=O)C1CC(=O)N(c2cc(C(F)(F)F)ccc2N2CCCC2)C1. The summed E-state index contributed by atoms with van der Waals surface area (Å²) in [6, 6.07) is 3.48. The van der Waals surface area contributed by atoms with E-state index in [1.165, 1.54) is 11.0 Å². The molecule has 0 radical (unpaired) electrons. The number of hydrogen-bond acceptors (Lipinski definition) is 4. The summed E-state index contributed by atoms with van der Waals surface area (Å²) in [4.78, 5) is 27.7. The van der Waals surface area contributed by atoms with Crippen LogP contribution in [0.3, 0.4) is 0 Å². The van der Waals surface area contributed by atoms with Gasteiger partial charge in [-0.2, -0.15) is 13.2 Å². The molecule has 0 saturated carbocycles. The van der Waals surface area contributed by atoms with Gasteiger partial charge in [0.25, 0.3) is 0 Å². The van der Waals surface area contributed by atoms with Crippen molar-refractivity contribution in [2.75, 3.05) is 36.0 Å². The highest BCUT2D eigenvalue weighted by Crippen LogP contribution is 2.40. The van der Waals surface area contributed by atoms with Crippen LogP contribution in [0.4, 0.5) is 24.5 Å². The van der Waals surface area contributed by atoms with E-state index < -0.39 is 23.6 Å². The quantitative estimate of drug-likeness (QED) is 0.764. The van der Waals surface area contributed by atoms with E-state index in [2.05, 4.69) is 0 Å². The lowest BCUT2D eigenvalue weighted by atomic mass is 10.1. The molecule has 2 aliphatic heterocycles. The monoisotopic (exact) mass is 370 g/mol. The number of rotatable bonds is 4. The minimum Gasteiger partial charge on any atom is -0.466 e. The van der Waals surface area contributed by atoms with Gasteiger partial charge in [0, 0.05) is 26.1 Å². The molecule has 1 aromatic carbocycles. The van der Waals surface area contributed by atoms with Gasteiger partial charge in [-0.05, 0) is 38.0 Å². The maximum atomic E-state index is 13.2. The molecule has 1 unspecified atom stereocenters. The molecule has 8 heteroatoms. The number of alkyl halides is 3. The average molecular weight is 370 g/mol. The van der Waals surface area contributed by atoms with Gasteiger partial charge < -0.3 is 14.5 Å². The third kappa shape index (κ3) is 3.64. The summed E-state index contributed by atoms with van der Waals surface area (Å²) in [5.74, 6) is -1.50. The van der Waals surface area contributed by atoms with Gasteiger partial charge in [0.15, 0.2) is 0 Å². The lowest BCUT2D eigenvalue weighted by molar-refractivity contribution is -0.147. The van der Waals surface area contributed by atoms with E-state index in [1.54, 1.807) is 6.92 Å². The van der Waals surface area contributed by atoms with Crippen LogP contribution < -0.4 is 9.80 Å². The number of carbonyl (C=O) groups is 2. The summed E-state index contributed by atoms with van der Waals surface area (Å²) in [5.41, 5.74) is 0.0229. The first-order valence-corrected chi connectivity index (χ1v) is 8.74. The van der Waals surface area contributed by atoms with Crippen molar-refractivity contribution in [1.29, 1.82) is 0 Å². The third-order valence-electron chi connectivity index (χ3n) is 4.79. The lowest BCUT2D eigenvalue weighted by Gasteiger charge is -2.27. The van der Waals surface area contributed by atoms with Crippen LogP contribution in [-0.4, -0.2) is 38.1 Å². The Morgan fingerprint density at radius 1 is 1.23 bits per heavy atom. The first kappa shape index (κ1) is 18.5. The first-order valence-electron chi connectivity index (χ1n) is 8.74. The highest BCUT2D eigenvalue weighted by Gasteiger charge is 2.39. The van der Waals surface area contributed by atoms with Crippen molar-refractivity contribution in [3.8, 4) is 0 Å². The van der Waals surface area contributed by atoms with Crippen LogP contribution >= 0.6 is 0 Å². The number of esters is 1. The molecule has 0 aliphatic carbocycles. The van der Waals surface area contributed by atoms with Gasteiger partial charge in [-0.3, -0.25) is 9.59 Å². The van der Waals surface area contributed by atoms with E-state index in [4.69, 9.17) is 4.74 Å². The van der Waals surface area contributed by atoms with Gasteiger partial charge in [-0.1, -0.05) is 0 Å². The van der Waals surface area contributed by atoms with Crippen LogP contribution in [0.15, 0.2) is 18.2 Å². The van der Waals surface area contributed by atoms with Gasteiger partial charge in [-0.15, -0.1) is 0 Å². The molecule has 0 bridgehead atoms. The number of anilines is 2. The second-order valence-electron chi connectivity index (χ2n) is 6.55. The fraction of sp³-hybridized carbons (Fsp3) is 0.556. The minimum absolute atomic E-state index is 0.0415. The molecule has 0 aromatic heterocycles. The second kappa shape index (κ2) is 7.17. The Morgan fingerprint density at radius 2 is 1.92 bits per heavy atom. The summed E-state index contributed by atoms with van der Waals surface area (Å²) < 4.78 is 44.5. The Balaban J connectivity index is 1.96. The number of nitrogens with zero attached hydrogens (tertiary/aromatic N) is 2. The maximum Gasteiger partial charge on any atom is 0.416 e. The van der Waals surface area contributed by atoms with Crippen molar-refractivity contribution in [3.63, 3.8) is 0 Å². The molecule has 2 aliphatic rings. The van der Waals surface area contributed by atoms with E-state index >= 15 is 0 Å². The normalized spacial score (nSPS) is 20.8. The molecule has 1 amide bonds. The molecular weight excluding hydrogens is 349 g/mol. The van der Waals surface area contributed by atoms with Crippen LogP contribution in [0.2, 0.25) is 0 Å². The number of benzene rings is 1. The molecular formula is C18H21F3N2O3. The standard InChI is InChI=1S/C18H21F3N2O3/c1-2-26-17(25)12-9-16(24)23(11-12)15-10-13(18(19,20)21)5-6-14(15)22-7-3-4-8-22/h5-6,10,12H,2-4,7-9,11H2,1H3. The van der Waals surface area contributed by atoms with Crippen molar-refractivity contribution < 1.29 is 27.5 Å². The summed E-state index contributed by atoms with van der Waals surface area (Å²) >= 11 is 0. The number of halogens is 3. The highest BCUT2D eigenvalue weighted by atomic mass is 19.4. The maximum absolute atomic E-state index is 13.2. The fourth-order valence-electron chi connectivity index (χ4n) is 3.50.